The zero-order chi connectivity index (χ0) is 18.8. The number of halogens is 2. The largest absolute Gasteiger partial charge is 0.495 e. The van der Waals surface area contributed by atoms with E-state index in [1.807, 2.05) is 6.92 Å². The second-order valence-corrected chi connectivity index (χ2v) is 7.39. The van der Waals surface area contributed by atoms with Crippen LogP contribution in [0.5, 0.6) is 5.75 Å². The van der Waals surface area contributed by atoms with Crippen molar-refractivity contribution < 1.29 is 14.3 Å². The van der Waals surface area contributed by atoms with Crippen molar-refractivity contribution >= 4 is 40.6 Å². The Labute approximate surface area is 162 Å². The summed E-state index contributed by atoms with van der Waals surface area (Å²) in [5.41, 5.74) is 1.78. The Balaban J connectivity index is 1.78. The summed E-state index contributed by atoms with van der Waals surface area (Å²) in [6, 6.07) is 10.2. The van der Waals surface area contributed by atoms with Crippen molar-refractivity contribution in [1.82, 2.24) is 0 Å². The highest BCUT2D eigenvalue weighted by molar-refractivity contribution is 6.42. The molecule has 2 aromatic carbocycles. The third-order valence-electron chi connectivity index (χ3n) is 4.57. The second-order valence-electron chi connectivity index (χ2n) is 6.57. The predicted octanol–water partition coefficient (Wildman–Crippen LogP) is 5.02. The molecule has 1 amide bonds. The van der Waals surface area contributed by atoms with E-state index in [1.165, 1.54) is 7.11 Å². The number of rotatable bonds is 6. The molecule has 0 spiro atoms. The fourth-order valence-electron chi connectivity index (χ4n) is 2.83. The third-order valence-corrected chi connectivity index (χ3v) is 5.31. The van der Waals surface area contributed by atoms with E-state index in [4.69, 9.17) is 27.9 Å². The van der Waals surface area contributed by atoms with E-state index in [-0.39, 0.29) is 24.0 Å². The summed E-state index contributed by atoms with van der Waals surface area (Å²) in [6.07, 6.45) is 1.08. The number of ether oxygens (including phenoxy) is 1. The lowest BCUT2D eigenvalue weighted by atomic mass is 10.0. The molecule has 0 aliphatic heterocycles. The molecule has 0 heterocycles. The van der Waals surface area contributed by atoms with Crippen LogP contribution in [0.4, 0.5) is 5.69 Å². The van der Waals surface area contributed by atoms with Crippen LogP contribution < -0.4 is 10.1 Å². The quantitative estimate of drug-likeness (QED) is 0.703. The minimum Gasteiger partial charge on any atom is -0.495 e. The molecule has 1 aliphatic carbocycles. The van der Waals surface area contributed by atoms with Gasteiger partial charge >= 0.3 is 0 Å². The molecule has 4 nitrogen and oxygen atoms in total. The Morgan fingerprint density at radius 1 is 1.15 bits per heavy atom. The first-order chi connectivity index (χ1) is 12.4. The number of ketones is 1. The molecule has 136 valence electrons. The van der Waals surface area contributed by atoms with Crippen molar-refractivity contribution in [3.05, 3.63) is 57.6 Å². The number of anilines is 1. The molecular weight excluding hydrogens is 373 g/mol. The molecule has 0 aromatic heterocycles. The Hall–Kier alpha value is -2.04. The van der Waals surface area contributed by atoms with E-state index in [0.717, 1.165) is 12.0 Å². The molecule has 1 fully saturated rings. The van der Waals surface area contributed by atoms with Gasteiger partial charge in [0.15, 0.2) is 5.78 Å². The van der Waals surface area contributed by atoms with Gasteiger partial charge in [-0.25, -0.2) is 0 Å². The van der Waals surface area contributed by atoms with Gasteiger partial charge in [0.25, 0.3) is 0 Å². The molecule has 1 aliphatic rings. The lowest BCUT2D eigenvalue weighted by Crippen LogP contribution is -2.16. The molecule has 0 bridgehead atoms. The number of carbonyl (C=O) groups excluding carboxylic acids is 2. The van der Waals surface area contributed by atoms with Crippen molar-refractivity contribution in [2.45, 2.75) is 19.8 Å². The second kappa shape index (κ2) is 7.68. The van der Waals surface area contributed by atoms with E-state index in [1.54, 1.807) is 36.4 Å². The molecule has 0 radical (unpaired) electrons. The van der Waals surface area contributed by atoms with Crippen LogP contribution in [0.3, 0.4) is 0 Å². The Bertz CT molecular complexity index is 866. The number of nitrogens with one attached hydrogen (secondary N) is 1. The van der Waals surface area contributed by atoms with Gasteiger partial charge in [-0.3, -0.25) is 9.59 Å². The van der Waals surface area contributed by atoms with Crippen molar-refractivity contribution in [3.8, 4) is 5.75 Å². The lowest BCUT2D eigenvalue weighted by Gasteiger charge is -2.12. The fourth-order valence-corrected chi connectivity index (χ4v) is 3.15. The van der Waals surface area contributed by atoms with Crippen molar-refractivity contribution in [2.24, 2.45) is 11.8 Å². The summed E-state index contributed by atoms with van der Waals surface area (Å²) in [5, 5.41) is 3.74. The molecule has 2 unspecified atom stereocenters. The maximum Gasteiger partial charge on any atom is 0.227 e. The first kappa shape index (κ1) is 18.7. The van der Waals surface area contributed by atoms with Gasteiger partial charge in [0.2, 0.25) is 5.91 Å². The first-order valence-corrected chi connectivity index (χ1v) is 9.10. The van der Waals surface area contributed by atoms with Crippen LogP contribution in [0.2, 0.25) is 10.0 Å². The van der Waals surface area contributed by atoms with Gasteiger partial charge in [-0.15, -0.1) is 0 Å². The summed E-state index contributed by atoms with van der Waals surface area (Å²) in [4.78, 5) is 24.8. The number of amides is 1. The van der Waals surface area contributed by atoms with Crippen LogP contribution >= 0.6 is 23.2 Å². The van der Waals surface area contributed by atoms with Gasteiger partial charge in [0, 0.05) is 17.9 Å². The molecule has 2 aromatic rings. The summed E-state index contributed by atoms with van der Waals surface area (Å²) in [5.74, 6) is 0.847. The minimum atomic E-state index is -0.0821. The molecule has 1 N–H and O–H groups in total. The third kappa shape index (κ3) is 4.19. The zero-order valence-corrected chi connectivity index (χ0v) is 16.0. The molecular formula is C20H19Cl2NO3. The maximum absolute atomic E-state index is 12.6. The Kier molecular flexibility index (Phi) is 5.54. The average Bonchev–Trinajstić information content (AvgIpc) is 3.35. The number of hydrogen-bond donors (Lipinski definition) is 1. The van der Waals surface area contributed by atoms with Gasteiger partial charge in [0.05, 0.1) is 22.8 Å². The highest BCUT2D eigenvalue weighted by Gasteiger charge is 2.39. The standard InChI is InChI=1S/C20H19Cl2NO3/c1-11-7-14(11)20(25)23-17-10-13(4-6-19(17)26-2)18(24)9-12-3-5-15(21)16(22)8-12/h3-6,8,10-11,14H,7,9H2,1-2H3,(H,23,25). The normalized spacial score (nSPS) is 18.3. The van der Waals surface area contributed by atoms with Crippen molar-refractivity contribution in [1.29, 1.82) is 0 Å². The number of hydrogen-bond acceptors (Lipinski definition) is 3. The number of methoxy groups -OCH3 is 1. The predicted molar refractivity (Wildman–Crippen MR) is 103 cm³/mol. The van der Waals surface area contributed by atoms with Crippen LogP contribution in [-0.2, 0) is 11.2 Å². The molecule has 6 heteroatoms. The van der Waals surface area contributed by atoms with Crippen molar-refractivity contribution in [3.63, 3.8) is 0 Å². The molecule has 2 atom stereocenters. The summed E-state index contributed by atoms with van der Waals surface area (Å²) < 4.78 is 5.30. The fraction of sp³-hybridized carbons (Fsp3) is 0.300. The van der Waals surface area contributed by atoms with Gasteiger partial charge in [-0.2, -0.15) is 0 Å². The number of carbonyl (C=O) groups is 2. The Morgan fingerprint density at radius 3 is 2.50 bits per heavy atom. The van der Waals surface area contributed by atoms with E-state index < -0.39 is 0 Å². The zero-order valence-electron chi connectivity index (χ0n) is 14.5. The molecule has 3 rings (SSSR count). The van der Waals surface area contributed by atoms with Crippen LogP contribution in [0.25, 0.3) is 0 Å². The lowest BCUT2D eigenvalue weighted by molar-refractivity contribution is -0.117. The van der Waals surface area contributed by atoms with E-state index in [9.17, 15) is 9.59 Å². The summed E-state index contributed by atoms with van der Waals surface area (Å²) >= 11 is 11.9. The maximum atomic E-state index is 12.6. The van der Waals surface area contributed by atoms with E-state index in [0.29, 0.717) is 33.0 Å². The molecule has 0 saturated heterocycles. The highest BCUT2D eigenvalue weighted by Crippen LogP contribution is 2.39. The highest BCUT2D eigenvalue weighted by atomic mass is 35.5. The Morgan fingerprint density at radius 2 is 1.88 bits per heavy atom. The average molecular weight is 392 g/mol. The topological polar surface area (TPSA) is 55.4 Å². The number of benzene rings is 2. The molecule has 26 heavy (non-hydrogen) atoms. The molecule has 1 saturated carbocycles. The smallest absolute Gasteiger partial charge is 0.227 e. The van der Waals surface area contributed by atoms with Crippen LogP contribution in [-0.4, -0.2) is 18.8 Å². The van der Waals surface area contributed by atoms with Gasteiger partial charge in [-0.05, 0) is 48.2 Å². The summed E-state index contributed by atoms with van der Waals surface area (Å²) in [6.45, 7) is 2.04. The van der Waals surface area contributed by atoms with Crippen molar-refractivity contribution in [2.75, 3.05) is 12.4 Å². The van der Waals surface area contributed by atoms with Gasteiger partial charge in [-0.1, -0.05) is 36.2 Å². The monoisotopic (exact) mass is 391 g/mol. The SMILES string of the molecule is COc1ccc(C(=O)Cc2ccc(Cl)c(Cl)c2)cc1NC(=O)C1CC1C. The number of Topliss-reactive ketones (excluding diaryl/α,β-unsaturated/α-hetero) is 1. The van der Waals surface area contributed by atoms with Crippen LogP contribution in [0, 0.1) is 11.8 Å². The summed E-state index contributed by atoms with van der Waals surface area (Å²) in [7, 11) is 1.53. The van der Waals surface area contributed by atoms with Gasteiger partial charge in [0.1, 0.15) is 5.75 Å². The van der Waals surface area contributed by atoms with Crippen LogP contribution in [0.15, 0.2) is 36.4 Å². The minimum absolute atomic E-state index is 0.0371. The van der Waals surface area contributed by atoms with Gasteiger partial charge < -0.3 is 10.1 Å². The first-order valence-electron chi connectivity index (χ1n) is 8.35. The van der Waals surface area contributed by atoms with E-state index in [2.05, 4.69) is 5.32 Å². The van der Waals surface area contributed by atoms with Crippen LogP contribution in [0.1, 0.15) is 29.3 Å². The van der Waals surface area contributed by atoms with E-state index >= 15 is 0 Å².